The minimum absolute atomic E-state index is 0.148. The van der Waals surface area contributed by atoms with E-state index in [0.29, 0.717) is 0 Å². The van der Waals surface area contributed by atoms with Gasteiger partial charge in [-0.05, 0) is 18.8 Å². The number of carbonyl (C=O) groups excluding carboxylic acids is 1. The molecule has 1 unspecified atom stereocenters. The number of hydrogen-bond donors (Lipinski definition) is 1. The number of aliphatic hydroxyl groups excluding tert-OH is 1. The third-order valence-corrected chi connectivity index (χ3v) is 2.15. The smallest absolute Gasteiger partial charge is 0.211 e. The predicted octanol–water partition coefficient (Wildman–Crippen LogP) is 0.430. The van der Waals surface area contributed by atoms with Gasteiger partial charge in [0.1, 0.15) is 11.8 Å². The number of Topliss-reactive ketones (excluding diaryl/α,β-unsaturated/α-hetero) is 1. The second-order valence-corrected chi connectivity index (χ2v) is 3.24. The third kappa shape index (κ3) is 1.72. The maximum atomic E-state index is 11.5. The summed E-state index contributed by atoms with van der Waals surface area (Å²) in [7, 11) is 0. The summed E-state index contributed by atoms with van der Waals surface area (Å²) in [5.41, 5.74) is 0.252. The minimum Gasteiger partial charge on any atom is -0.385 e. The van der Waals surface area contributed by atoms with Crippen LogP contribution in [0.3, 0.4) is 0 Å². The van der Waals surface area contributed by atoms with Crippen molar-refractivity contribution in [1.82, 2.24) is 9.97 Å². The highest BCUT2D eigenvalue weighted by Crippen LogP contribution is 2.33. The van der Waals surface area contributed by atoms with E-state index in [1.165, 1.54) is 18.6 Å². The molecule has 4 nitrogen and oxygen atoms in total. The van der Waals surface area contributed by atoms with Crippen molar-refractivity contribution in [2.75, 3.05) is 0 Å². The van der Waals surface area contributed by atoms with Crippen molar-refractivity contribution in [3.63, 3.8) is 0 Å². The topological polar surface area (TPSA) is 63.1 Å². The first kappa shape index (κ1) is 8.31. The molecule has 1 aliphatic carbocycles. The van der Waals surface area contributed by atoms with Crippen LogP contribution in [0.1, 0.15) is 23.3 Å². The number of hydrogen-bond acceptors (Lipinski definition) is 4. The summed E-state index contributed by atoms with van der Waals surface area (Å²) in [4.78, 5) is 19.1. The maximum Gasteiger partial charge on any atom is 0.211 e. The molecule has 1 aromatic rings. The Morgan fingerprint density at radius 3 is 2.85 bits per heavy atom. The molecular formula is C9H10N2O2. The van der Waals surface area contributed by atoms with Crippen molar-refractivity contribution in [2.24, 2.45) is 5.92 Å². The Bertz CT molecular complexity index is 309. The third-order valence-electron chi connectivity index (χ3n) is 2.15. The van der Waals surface area contributed by atoms with Crippen LogP contribution < -0.4 is 0 Å². The van der Waals surface area contributed by atoms with Gasteiger partial charge in [-0.15, -0.1) is 0 Å². The molecule has 13 heavy (non-hydrogen) atoms. The largest absolute Gasteiger partial charge is 0.385 e. The fraction of sp³-hybridized carbons (Fsp3) is 0.444. The molecule has 0 saturated heterocycles. The van der Waals surface area contributed by atoms with Crippen LogP contribution in [0.25, 0.3) is 0 Å². The maximum absolute atomic E-state index is 11.5. The Kier molecular flexibility index (Phi) is 2.06. The quantitative estimate of drug-likeness (QED) is 0.682. The van der Waals surface area contributed by atoms with E-state index in [9.17, 15) is 9.90 Å². The highest BCUT2D eigenvalue weighted by Gasteiger charge is 2.35. The predicted molar refractivity (Wildman–Crippen MR) is 45.1 cm³/mol. The van der Waals surface area contributed by atoms with E-state index in [4.69, 9.17) is 0 Å². The van der Waals surface area contributed by atoms with Gasteiger partial charge in [0.05, 0.1) is 6.20 Å². The van der Waals surface area contributed by atoms with Gasteiger partial charge in [0.15, 0.2) is 0 Å². The van der Waals surface area contributed by atoms with Gasteiger partial charge >= 0.3 is 0 Å². The van der Waals surface area contributed by atoms with Crippen LogP contribution in [0.5, 0.6) is 0 Å². The number of nitrogens with zero attached hydrogens (tertiary/aromatic N) is 2. The highest BCUT2D eigenvalue weighted by molar-refractivity contribution is 5.97. The van der Waals surface area contributed by atoms with E-state index in [1.54, 1.807) is 0 Å². The van der Waals surface area contributed by atoms with Gasteiger partial charge in [-0.2, -0.15) is 0 Å². The zero-order chi connectivity index (χ0) is 9.26. The SMILES string of the molecule is O=C(c1cnccn1)C(O)C1CC1. The van der Waals surface area contributed by atoms with E-state index in [-0.39, 0.29) is 17.4 Å². The monoisotopic (exact) mass is 178 g/mol. The lowest BCUT2D eigenvalue weighted by Gasteiger charge is -2.05. The van der Waals surface area contributed by atoms with Crippen molar-refractivity contribution < 1.29 is 9.90 Å². The van der Waals surface area contributed by atoms with Crippen molar-refractivity contribution in [1.29, 1.82) is 0 Å². The van der Waals surface area contributed by atoms with Crippen molar-refractivity contribution >= 4 is 5.78 Å². The number of carbonyl (C=O) groups is 1. The van der Waals surface area contributed by atoms with E-state index in [2.05, 4.69) is 9.97 Å². The summed E-state index contributed by atoms with van der Waals surface area (Å²) in [6.07, 6.45) is 5.33. The molecule has 0 amide bonds. The molecule has 1 atom stereocenters. The Morgan fingerprint density at radius 1 is 1.54 bits per heavy atom. The van der Waals surface area contributed by atoms with Gasteiger partial charge in [0.2, 0.25) is 5.78 Å². The van der Waals surface area contributed by atoms with Gasteiger partial charge in [-0.1, -0.05) is 0 Å². The molecule has 0 aliphatic heterocycles. The van der Waals surface area contributed by atoms with Crippen LogP contribution in [-0.2, 0) is 0 Å². The molecule has 0 spiro atoms. The molecule has 0 bridgehead atoms. The minimum atomic E-state index is -0.878. The van der Waals surface area contributed by atoms with Crippen molar-refractivity contribution in [3.05, 3.63) is 24.3 Å². The Balaban J connectivity index is 2.12. The normalized spacial score (nSPS) is 18.2. The average Bonchev–Trinajstić information content (AvgIpc) is 3.00. The van der Waals surface area contributed by atoms with E-state index >= 15 is 0 Å². The van der Waals surface area contributed by atoms with Crippen LogP contribution in [0.15, 0.2) is 18.6 Å². The summed E-state index contributed by atoms with van der Waals surface area (Å²) in [6.45, 7) is 0. The summed E-state index contributed by atoms with van der Waals surface area (Å²) in [5, 5.41) is 9.49. The van der Waals surface area contributed by atoms with E-state index in [1.807, 2.05) is 0 Å². The molecule has 1 aliphatic rings. The van der Waals surface area contributed by atoms with Crippen molar-refractivity contribution in [2.45, 2.75) is 18.9 Å². The zero-order valence-electron chi connectivity index (χ0n) is 7.05. The molecular weight excluding hydrogens is 168 g/mol. The second kappa shape index (κ2) is 3.22. The molecule has 0 aromatic carbocycles. The van der Waals surface area contributed by atoms with E-state index in [0.717, 1.165) is 12.8 Å². The summed E-state index contributed by atoms with van der Waals surface area (Å²) in [6, 6.07) is 0. The zero-order valence-corrected chi connectivity index (χ0v) is 7.05. The number of ketones is 1. The van der Waals surface area contributed by atoms with Gasteiger partial charge in [0.25, 0.3) is 0 Å². The molecule has 1 fully saturated rings. The molecule has 1 aromatic heterocycles. The Morgan fingerprint density at radius 2 is 2.31 bits per heavy atom. The molecule has 4 heteroatoms. The van der Waals surface area contributed by atoms with Crippen LogP contribution in [0, 0.1) is 5.92 Å². The average molecular weight is 178 g/mol. The van der Waals surface area contributed by atoms with Gasteiger partial charge in [-0.3, -0.25) is 9.78 Å². The van der Waals surface area contributed by atoms with Crippen LogP contribution in [0.4, 0.5) is 0 Å². The molecule has 1 heterocycles. The first-order chi connectivity index (χ1) is 6.29. The highest BCUT2D eigenvalue weighted by atomic mass is 16.3. The second-order valence-electron chi connectivity index (χ2n) is 3.24. The summed E-state index contributed by atoms with van der Waals surface area (Å²) >= 11 is 0. The lowest BCUT2D eigenvalue weighted by atomic mass is 10.1. The molecule has 1 N–H and O–H groups in total. The van der Waals surface area contributed by atoms with Gasteiger partial charge < -0.3 is 5.11 Å². The molecule has 2 rings (SSSR count). The van der Waals surface area contributed by atoms with Crippen LogP contribution in [-0.4, -0.2) is 27.0 Å². The first-order valence-electron chi connectivity index (χ1n) is 4.27. The Hall–Kier alpha value is -1.29. The van der Waals surface area contributed by atoms with Crippen LogP contribution in [0.2, 0.25) is 0 Å². The summed E-state index contributed by atoms with van der Waals surface area (Å²) < 4.78 is 0. The van der Waals surface area contributed by atoms with Crippen LogP contribution >= 0.6 is 0 Å². The number of aliphatic hydroxyl groups is 1. The molecule has 68 valence electrons. The molecule has 1 saturated carbocycles. The van der Waals surface area contributed by atoms with Gasteiger partial charge in [0, 0.05) is 12.4 Å². The number of aromatic nitrogens is 2. The number of rotatable bonds is 3. The van der Waals surface area contributed by atoms with E-state index < -0.39 is 6.10 Å². The summed E-state index contributed by atoms with van der Waals surface area (Å²) in [5.74, 6) is -0.162. The lowest BCUT2D eigenvalue weighted by Crippen LogP contribution is -2.23. The van der Waals surface area contributed by atoms with Crippen molar-refractivity contribution in [3.8, 4) is 0 Å². The first-order valence-corrected chi connectivity index (χ1v) is 4.27. The molecule has 0 radical (unpaired) electrons. The fourth-order valence-electron chi connectivity index (χ4n) is 1.20. The fourth-order valence-corrected chi connectivity index (χ4v) is 1.20. The lowest BCUT2D eigenvalue weighted by molar-refractivity contribution is 0.0698. The standard InChI is InChI=1S/C9H10N2O2/c12-8(6-1-2-6)9(13)7-5-10-3-4-11-7/h3-6,8,12H,1-2H2. The van der Waals surface area contributed by atoms with Gasteiger partial charge in [-0.25, -0.2) is 4.98 Å². The Labute approximate surface area is 75.6 Å².